The standard InChI is InChI=1S/C16H18ClN5OS/c1-4-22-14(11-5-7-12(17)8-6-11)19-20-16(22)24-9-13-18-15(10(2)3)23-21-13/h5-8,10H,4,9H2,1-3H3. The van der Waals surface area contributed by atoms with Gasteiger partial charge in [0.15, 0.2) is 16.8 Å². The van der Waals surface area contributed by atoms with Gasteiger partial charge >= 0.3 is 0 Å². The number of thioether (sulfide) groups is 1. The second kappa shape index (κ2) is 7.36. The van der Waals surface area contributed by atoms with E-state index in [1.165, 1.54) is 0 Å². The van der Waals surface area contributed by atoms with Crippen LogP contribution in [0.15, 0.2) is 33.9 Å². The van der Waals surface area contributed by atoms with Crippen molar-refractivity contribution in [3.05, 3.63) is 41.0 Å². The van der Waals surface area contributed by atoms with Crippen LogP contribution in [0.25, 0.3) is 11.4 Å². The van der Waals surface area contributed by atoms with Crippen LogP contribution in [0.3, 0.4) is 0 Å². The summed E-state index contributed by atoms with van der Waals surface area (Å²) in [5.41, 5.74) is 0.988. The zero-order chi connectivity index (χ0) is 17.1. The van der Waals surface area contributed by atoms with Crippen LogP contribution in [0, 0.1) is 0 Å². The maximum atomic E-state index is 5.95. The molecule has 0 spiro atoms. The summed E-state index contributed by atoms with van der Waals surface area (Å²) < 4.78 is 7.29. The van der Waals surface area contributed by atoms with Crippen molar-refractivity contribution < 1.29 is 4.52 Å². The summed E-state index contributed by atoms with van der Waals surface area (Å²) in [4.78, 5) is 4.38. The van der Waals surface area contributed by atoms with Gasteiger partial charge in [-0.3, -0.25) is 0 Å². The summed E-state index contributed by atoms with van der Waals surface area (Å²) in [5, 5.41) is 14.2. The van der Waals surface area contributed by atoms with E-state index >= 15 is 0 Å². The molecule has 2 heterocycles. The van der Waals surface area contributed by atoms with Gasteiger partial charge in [-0.1, -0.05) is 42.4 Å². The van der Waals surface area contributed by atoms with Crippen molar-refractivity contribution >= 4 is 23.4 Å². The summed E-state index contributed by atoms with van der Waals surface area (Å²) in [6.07, 6.45) is 0. The first-order valence-electron chi connectivity index (χ1n) is 7.73. The Labute approximate surface area is 149 Å². The average molecular weight is 364 g/mol. The smallest absolute Gasteiger partial charge is 0.229 e. The average Bonchev–Trinajstić information content (AvgIpc) is 3.20. The van der Waals surface area contributed by atoms with Gasteiger partial charge in [0.1, 0.15) is 0 Å². The molecule has 0 aliphatic heterocycles. The highest BCUT2D eigenvalue weighted by Crippen LogP contribution is 2.26. The van der Waals surface area contributed by atoms with Crippen molar-refractivity contribution in [1.29, 1.82) is 0 Å². The van der Waals surface area contributed by atoms with E-state index in [0.29, 0.717) is 22.5 Å². The van der Waals surface area contributed by atoms with Gasteiger partial charge in [-0.25, -0.2) is 0 Å². The number of hydrogen-bond acceptors (Lipinski definition) is 6. The maximum absolute atomic E-state index is 5.95. The largest absolute Gasteiger partial charge is 0.339 e. The van der Waals surface area contributed by atoms with Gasteiger partial charge in [-0.05, 0) is 31.2 Å². The zero-order valence-corrected chi connectivity index (χ0v) is 15.3. The van der Waals surface area contributed by atoms with Gasteiger partial charge < -0.3 is 9.09 Å². The summed E-state index contributed by atoms with van der Waals surface area (Å²) in [6.45, 7) is 6.89. The summed E-state index contributed by atoms with van der Waals surface area (Å²) in [5.74, 6) is 2.97. The summed E-state index contributed by atoms with van der Waals surface area (Å²) in [7, 11) is 0. The van der Waals surface area contributed by atoms with E-state index in [4.69, 9.17) is 16.1 Å². The van der Waals surface area contributed by atoms with Crippen LogP contribution in [-0.2, 0) is 12.3 Å². The molecule has 8 heteroatoms. The molecular weight excluding hydrogens is 346 g/mol. The molecule has 0 aliphatic rings. The number of aromatic nitrogens is 5. The SMILES string of the molecule is CCn1c(SCc2noc(C(C)C)n2)nnc1-c1ccc(Cl)cc1. The van der Waals surface area contributed by atoms with Gasteiger partial charge in [-0.2, -0.15) is 4.98 Å². The molecule has 0 fully saturated rings. The Kier molecular flexibility index (Phi) is 5.20. The highest BCUT2D eigenvalue weighted by atomic mass is 35.5. The van der Waals surface area contributed by atoms with Crippen molar-refractivity contribution in [3.63, 3.8) is 0 Å². The third-order valence-electron chi connectivity index (χ3n) is 3.44. The molecule has 0 N–H and O–H groups in total. The molecule has 0 saturated carbocycles. The molecule has 3 rings (SSSR count). The Morgan fingerprint density at radius 1 is 1.21 bits per heavy atom. The van der Waals surface area contributed by atoms with E-state index in [2.05, 4.69) is 31.8 Å². The Hall–Kier alpha value is -1.86. The molecule has 0 amide bonds. The lowest BCUT2D eigenvalue weighted by Crippen LogP contribution is -2.00. The van der Waals surface area contributed by atoms with E-state index in [1.54, 1.807) is 11.8 Å². The fourth-order valence-corrected chi connectivity index (χ4v) is 3.15. The highest BCUT2D eigenvalue weighted by molar-refractivity contribution is 7.98. The van der Waals surface area contributed by atoms with Crippen molar-refractivity contribution in [2.75, 3.05) is 0 Å². The molecule has 1 aromatic carbocycles. The first-order chi connectivity index (χ1) is 11.6. The van der Waals surface area contributed by atoms with Crippen LogP contribution in [0.1, 0.15) is 38.4 Å². The van der Waals surface area contributed by atoms with Crippen LogP contribution in [-0.4, -0.2) is 24.9 Å². The zero-order valence-electron chi connectivity index (χ0n) is 13.7. The highest BCUT2D eigenvalue weighted by Gasteiger charge is 2.15. The fraction of sp³-hybridized carbons (Fsp3) is 0.375. The van der Waals surface area contributed by atoms with E-state index in [9.17, 15) is 0 Å². The minimum absolute atomic E-state index is 0.229. The van der Waals surface area contributed by atoms with E-state index in [-0.39, 0.29) is 5.92 Å². The van der Waals surface area contributed by atoms with Crippen LogP contribution in [0.4, 0.5) is 0 Å². The third-order valence-corrected chi connectivity index (χ3v) is 4.66. The van der Waals surface area contributed by atoms with Crippen LogP contribution >= 0.6 is 23.4 Å². The number of rotatable bonds is 6. The lowest BCUT2D eigenvalue weighted by molar-refractivity contribution is 0.362. The molecule has 24 heavy (non-hydrogen) atoms. The van der Waals surface area contributed by atoms with Gasteiger partial charge in [0.25, 0.3) is 0 Å². The molecule has 2 aromatic heterocycles. The second-order valence-electron chi connectivity index (χ2n) is 5.55. The predicted molar refractivity (Wildman–Crippen MR) is 94.1 cm³/mol. The molecule has 6 nitrogen and oxygen atoms in total. The Morgan fingerprint density at radius 2 is 1.96 bits per heavy atom. The first kappa shape index (κ1) is 17.0. The summed E-state index contributed by atoms with van der Waals surface area (Å²) >= 11 is 7.50. The first-order valence-corrected chi connectivity index (χ1v) is 9.09. The molecule has 0 saturated heterocycles. The van der Waals surface area contributed by atoms with Crippen molar-refractivity contribution in [3.8, 4) is 11.4 Å². The van der Waals surface area contributed by atoms with Crippen LogP contribution < -0.4 is 0 Å². The number of benzene rings is 1. The Morgan fingerprint density at radius 3 is 2.58 bits per heavy atom. The van der Waals surface area contributed by atoms with Crippen molar-refractivity contribution in [1.82, 2.24) is 24.9 Å². The Bertz CT molecular complexity index is 812. The lowest BCUT2D eigenvalue weighted by atomic mass is 10.2. The predicted octanol–water partition coefficient (Wildman–Crippen LogP) is 4.42. The van der Waals surface area contributed by atoms with Gasteiger partial charge in [0.05, 0.1) is 5.75 Å². The lowest BCUT2D eigenvalue weighted by Gasteiger charge is -2.06. The monoisotopic (exact) mass is 363 g/mol. The minimum atomic E-state index is 0.229. The van der Waals surface area contributed by atoms with E-state index < -0.39 is 0 Å². The topological polar surface area (TPSA) is 69.6 Å². The van der Waals surface area contributed by atoms with Crippen molar-refractivity contribution in [2.45, 2.75) is 44.1 Å². The van der Waals surface area contributed by atoms with Crippen LogP contribution in [0.2, 0.25) is 5.02 Å². The normalized spacial score (nSPS) is 11.4. The van der Waals surface area contributed by atoms with Crippen LogP contribution in [0.5, 0.6) is 0 Å². The molecule has 126 valence electrons. The molecule has 0 bridgehead atoms. The number of hydrogen-bond donors (Lipinski definition) is 0. The molecule has 0 radical (unpaired) electrons. The number of nitrogens with zero attached hydrogens (tertiary/aromatic N) is 5. The number of halogens is 1. The Balaban J connectivity index is 1.77. The van der Waals surface area contributed by atoms with Gasteiger partial charge in [0.2, 0.25) is 5.89 Å². The fourth-order valence-electron chi connectivity index (χ4n) is 2.18. The maximum Gasteiger partial charge on any atom is 0.229 e. The quantitative estimate of drug-likeness (QED) is 0.604. The third kappa shape index (κ3) is 3.62. The summed E-state index contributed by atoms with van der Waals surface area (Å²) in [6, 6.07) is 7.60. The molecule has 0 unspecified atom stereocenters. The van der Waals surface area contributed by atoms with E-state index in [0.717, 1.165) is 23.1 Å². The van der Waals surface area contributed by atoms with Gasteiger partial charge in [0, 0.05) is 23.0 Å². The molecular formula is C16H18ClN5OS. The molecule has 3 aromatic rings. The van der Waals surface area contributed by atoms with Crippen molar-refractivity contribution in [2.24, 2.45) is 0 Å². The second-order valence-corrected chi connectivity index (χ2v) is 6.93. The van der Waals surface area contributed by atoms with E-state index in [1.807, 2.05) is 38.1 Å². The molecule has 0 atom stereocenters. The van der Waals surface area contributed by atoms with Gasteiger partial charge in [-0.15, -0.1) is 10.2 Å². The molecule has 0 aliphatic carbocycles. The minimum Gasteiger partial charge on any atom is -0.339 e.